The number of hydrogen-bond acceptors (Lipinski definition) is 3. The lowest BCUT2D eigenvalue weighted by Gasteiger charge is -2.08. The van der Waals surface area contributed by atoms with Gasteiger partial charge in [-0.25, -0.2) is 13.1 Å². The van der Waals surface area contributed by atoms with Gasteiger partial charge in [0.25, 0.3) is 0 Å². The predicted octanol–water partition coefficient (Wildman–Crippen LogP) is 1.58. The molecular weight excluding hydrogens is 288 g/mol. The number of nitrogens with two attached hydrogens (primary N) is 1. The van der Waals surface area contributed by atoms with Crippen LogP contribution in [0, 0.1) is 6.92 Å². The van der Waals surface area contributed by atoms with E-state index < -0.39 is 10.0 Å². The predicted molar refractivity (Wildman–Crippen MR) is 74.4 cm³/mol. The first-order valence-corrected chi connectivity index (χ1v) is 7.73. The van der Waals surface area contributed by atoms with Crippen LogP contribution in [0.25, 0.3) is 0 Å². The number of nitrogens with one attached hydrogen (secondary N) is 1. The molecule has 7 heteroatoms. The van der Waals surface area contributed by atoms with Crippen molar-refractivity contribution < 1.29 is 13.2 Å². The fraction of sp³-hybridized carbons (Fsp3) is 0.417. The Hall–Kier alpha value is -1.11. The van der Waals surface area contributed by atoms with Crippen molar-refractivity contribution in [2.24, 2.45) is 5.73 Å². The Labute approximate surface area is 118 Å². The van der Waals surface area contributed by atoms with E-state index in [0.29, 0.717) is 12.8 Å². The third-order valence-electron chi connectivity index (χ3n) is 2.52. The van der Waals surface area contributed by atoms with E-state index in [4.69, 9.17) is 17.3 Å². The van der Waals surface area contributed by atoms with Crippen LogP contribution >= 0.6 is 11.6 Å². The molecule has 1 aromatic carbocycles. The second-order valence-electron chi connectivity index (χ2n) is 4.26. The van der Waals surface area contributed by atoms with Gasteiger partial charge in [-0.15, -0.1) is 0 Å². The monoisotopic (exact) mass is 304 g/mol. The number of primary amides is 1. The Morgan fingerprint density at radius 2 is 2.05 bits per heavy atom. The number of sulfonamides is 1. The van der Waals surface area contributed by atoms with Gasteiger partial charge in [0.1, 0.15) is 4.90 Å². The zero-order valence-corrected chi connectivity index (χ0v) is 12.2. The third kappa shape index (κ3) is 5.18. The number of rotatable bonds is 7. The molecule has 0 aliphatic carbocycles. The number of unbranched alkanes of at least 4 members (excludes halogenated alkanes) is 1. The number of carbonyl (C=O) groups is 1. The van der Waals surface area contributed by atoms with E-state index in [1.807, 2.05) is 0 Å². The van der Waals surface area contributed by atoms with Crippen molar-refractivity contribution >= 4 is 27.5 Å². The maximum atomic E-state index is 12.0. The summed E-state index contributed by atoms with van der Waals surface area (Å²) in [5, 5.41) is 0.190. The Morgan fingerprint density at radius 1 is 1.37 bits per heavy atom. The lowest BCUT2D eigenvalue weighted by Crippen LogP contribution is -2.25. The van der Waals surface area contributed by atoms with Gasteiger partial charge in [0, 0.05) is 13.0 Å². The van der Waals surface area contributed by atoms with Crippen molar-refractivity contribution in [3.8, 4) is 0 Å². The zero-order valence-electron chi connectivity index (χ0n) is 10.6. The number of carbonyl (C=O) groups excluding carboxylic acids is 1. The van der Waals surface area contributed by atoms with E-state index in [2.05, 4.69) is 4.72 Å². The molecular formula is C12H17ClN2O3S. The molecule has 1 rings (SSSR count). The highest BCUT2D eigenvalue weighted by molar-refractivity contribution is 7.89. The van der Waals surface area contributed by atoms with Crippen LogP contribution in [-0.4, -0.2) is 20.9 Å². The lowest BCUT2D eigenvalue weighted by atomic mass is 10.2. The summed E-state index contributed by atoms with van der Waals surface area (Å²) < 4.78 is 26.5. The van der Waals surface area contributed by atoms with E-state index >= 15 is 0 Å². The summed E-state index contributed by atoms with van der Waals surface area (Å²) in [5.41, 5.74) is 5.81. The van der Waals surface area contributed by atoms with Crippen LogP contribution in [0.5, 0.6) is 0 Å². The Balaban J connectivity index is 2.61. The molecule has 0 spiro atoms. The molecule has 1 aromatic rings. The van der Waals surface area contributed by atoms with Gasteiger partial charge in [-0.05, 0) is 37.5 Å². The van der Waals surface area contributed by atoms with Crippen LogP contribution in [0.1, 0.15) is 24.8 Å². The first-order chi connectivity index (χ1) is 8.83. The number of aryl methyl sites for hydroxylation is 1. The summed E-state index contributed by atoms with van der Waals surface area (Å²) in [6, 6.07) is 4.82. The second-order valence-corrected chi connectivity index (χ2v) is 6.40. The summed E-state index contributed by atoms with van der Waals surface area (Å²) in [7, 11) is -3.61. The minimum Gasteiger partial charge on any atom is -0.370 e. The fourth-order valence-corrected chi connectivity index (χ4v) is 3.18. The molecule has 0 bridgehead atoms. The second kappa shape index (κ2) is 6.88. The van der Waals surface area contributed by atoms with Crippen molar-refractivity contribution in [1.29, 1.82) is 0 Å². The van der Waals surface area contributed by atoms with Crippen LogP contribution in [-0.2, 0) is 14.8 Å². The van der Waals surface area contributed by atoms with Gasteiger partial charge in [0.05, 0.1) is 5.02 Å². The summed E-state index contributed by atoms with van der Waals surface area (Å²) in [6.45, 7) is 2.04. The smallest absolute Gasteiger partial charge is 0.242 e. The van der Waals surface area contributed by atoms with E-state index in [9.17, 15) is 13.2 Å². The zero-order chi connectivity index (χ0) is 14.5. The normalized spacial score (nSPS) is 11.5. The molecule has 0 radical (unpaired) electrons. The summed E-state index contributed by atoms with van der Waals surface area (Å²) in [6.07, 6.45) is 1.36. The molecule has 106 valence electrons. The van der Waals surface area contributed by atoms with Gasteiger partial charge in [-0.3, -0.25) is 4.79 Å². The molecule has 0 heterocycles. The molecule has 19 heavy (non-hydrogen) atoms. The van der Waals surface area contributed by atoms with Gasteiger partial charge >= 0.3 is 0 Å². The van der Waals surface area contributed by atoms with Gasteiger partial charge < -0.3 is 5.73 Å². The van der Waals surface area contributed by atoms with Gasteiger partial charge in [0.15, 0.2) is 0 Å². The molecule has 0 aliphatic heterocycles. The number of benzene rings is 1. The summed E-state index contributed by atoms with van der Waals surface area (Å²) in [4.78, 5) is 10.6. The van der Waals surface area contributed by atoms with E-state index in [1.165, 1.54) is 6.07 Å². The maximum Gasteiger partial charge on any atom is 0.242 e. The van der Waals surface area contributed by atoms with Crippen molar-refractivity contribution in [3.05, 3.63) is 28.8 Å². The fourth-order valence-electron chi connectivity index (χ4n) is 1.53. The first-order valence-electron chi connectivity index (χ1n) is 5.87. The highest BCUT2D eigenvalue weighted by atomic mass is 35.5. The van der Waals surface area contributed by atoms with E-state index in [1.54, 1.807) is 19.1 Å². The molecule has 0 unspecified atom stereocenters. The average molecular weight is 305 g/mol. The molecule has 0 aliphatic rings. The topological polar surface area (TPSA) is 89.3 Å². The highest BCUT2D eigenvalue weighted by Crippen LogP contribution is 2.22. The molecule has 5 nitrogen and oxygen atoms in total. The maximum absolute atomic E-state index is 12.0. The van der Waals surface area contributed by atoms with Crippen LogP contribution < -0.4 is 10.5 Å². The number of halogens is 1. The Morgan fingerprint density at radius 3 is 2.68 bits per heavy atom. The first kappa shape index (κ1) is 15.9. The Bertz CT molecular complexity index is 558. The molecule has 0 saturated carbocycles. The van der Waals surface area contributed by atoms with Crippen molar-refractivity contribution in [1.82, 2.24) is 4.72 Å². The van der Waals surface area contributed by atoms with Crippen LogP contribution in [0.2, 0.25) is 5.02 Å². The third-order valence-corrected chi connectivity index (χ3v) is 4.46. The lowest BCUT2D eigenvalue weighted by molar-refractivity contribution is -0.118. The van der Waals surface area contributed by atoms with E-state index in [0.717, 1.165) is 5.56 Å². The van der Waals surface area contributed by atoms with Gasteiger partial charge in [0.2, 0.25) is 15.9 Å². The van der Waals surface area contributed by atoms with Gasteiger partial charge in [-0.2, -0.15) is 0 Å². The largest absolute Gasteiger partial charge is 0.370 e. The van der Waals surface area contributed by atoms with Gasteiger partial charge in [-0.1, -0.05) is 17.7 Å². The molecule has 0 aromatic heterocycles. The molecule has 0 atom stereocenters. The number of hydrogen-bond donors (Lipinski definition) is 2. The molecule has 1 amide bonds. The van der Waals surface area contributed by atoms with Crippen molar-refractivity contribution in [2.75, 3.05) is 6.54 Å². The van der Waals surface area contributed by atoms with Crippen LogP contribution in [0.4, 0.5) is 0 Å². The van der Waals surface area contributed by atoms with E-state index in [-0.39, 0.29) is 28.8 Å². The summed E-state index contributed by atoms with van der Waals surface area (Å²) >= 11 is 5.88. The molecule has 0 fully saturated rings. The highest BCUT2D eigenvalue weighted by Gasteiger charge is 2.17. The van der Waals surface area contributed by atoms with Crippen molar-refractivity contribution in [3.63, 3.8) is 0 Å². The van der Waals surface area contributed by atoms with Crippen LogP contribution in [0.15, 0.2) is 23.1 Å². The SMILES string of the molecule is Cc1ccc(Cl)c(S(=O)(=O)NCCCCC(N)=O)c1. The quantitative estimate of drug-likeness (QED) is 0.750. The number of amides is 1. The Kier molecular flexibility index (Phi) is 5.78. The molecule has 0 saturated heterocycles. The minimum atomic E-state index is -3.61. The standard InChI is InChI=1S/C12H17ClN2O3S/c1-9-5-6-10(13)11(8-9)19(17,18)15-7-3-2-4-12(14)16/h5-6,8,15H,2-4,7H2,1H3,(H2,14,16). The molecule has 3 N–H and O–H groups in total. The summed E-state index contributed by atoms with van der Waals surface area (Å²) in [5.74, 6) is -0.385. The minimum absolute atomic E-state index is 0.0732. The van der Waals surface area contributed by atoms with Crippen molar-refractivity contribution in [2.45, 2.75) is 31.1 Å². The van der Waals surface area contributed by atoms with Crippen LogP contribution in [0.3, 0.4) is 0 Å². The average Bonchev–Trinajstić information content (AvgIpc) is 2.31.